The average molecular weight is 348 g/mol. The molecule has 1 unspecified atom stereocenters. The molecule has 106 valence electrons. The van der Waals surface area contributed by atoms with Crippen molar-refractivity contribution >= 4 is 33.4 Å². The van der Waals surface area contributed by atoms with Crippen LogP contribution in [0.25, 0.3) is 0 Å². The second kappa shape index (κ2) is 7.27. The van der Waals surface area contributed by atoms with Crippen molar-refractivity contribution in [2.24, 2.45) is 5.92 Å². The van der Waals surface area contributed by atoms with Crippen LogP contribution in [0.1, 0.15) is 24.2 Å². The van der Waals surface area contributed by atoms with Gasteiger partial charge in [0.05, 0.1) is 0 Å². The number of rotatable bonds is 5. The molecule has 0 aromatic heterocycles. The second-order valence-electron chi connectivity index (χ2n) is 5.24. The standard InChI is InChI=1S/C14H20BrClN2O/c1-9(2)13(8-18(3)4)17-14(19)10-5-11(15)7-12(16)6-10/h5-7,9,13H,8H2,1-4H3,(H,17,19). The maximum absolute atomic E-state index is 12.2. The number of carbonyl (C=O) groups is 1. The summed E-state index contributed by atoms with van der Waals surface area (Å²) < 4.78 is 0.804. The van der Waals surface area contributed by atoms with Gasteiger partial charge in [-0.2, -0.15) is 0 Å². The zero-order chi connectivity index (χ0) is 14.6. The molecular formula is C14H20BrClN2O. The van der Waals surface area contributed by atoms with E-state index in [1.807, 2.05) is 14.1 Å². The van der Waals surface area contributed by atoms with Crippen LogP contribution in [0.2, 0.25) is 5.02 Å². The summed E-state index contributed by atoms with van der Waals surface area (Å²) >= 11 is 9.30. The smallest absolute Gasteiger partial charge is 0.251 e. The number of likely N-dealkylation sites (N-methyl/N-ethyl adjacent to an activating group) is 1. The van der Waals surface area contributed by atoms with Crippen molar-refractivity contribution in [3.63, 3.8) is 0 Å². The Kier molecular flexibility index (Phi) is 6.30. The van der Waals surface area contributed by atoms with Gasteiger partial charge in [-0.15, -0.1) is 0 Å². The number of halogens is 2. The maximum atomic E-state index is 12.2. The first kappa shape index (κ1) is 16.5. The van der Waals surface area contributed by atoms with Crippen LogP contribution < -0.4 is 5.32 Å². The van der Waals surface area contributed by atoms with Gasteiger partial charge in [0.1, 0.15) is 0 Å². The molecule has 0 aliphatic carbocycles. The first-order valence-corrected chi connectivity index (χ1v) is 7.38. The van der Waals surface area contributed by atoms with Gasteiger partial charge < -0.3 is 10.2 Å². The predicted octanol–water partition coefficient (Wildman–Crippen LogP) is 3.42. The third kappa shape index (κ3) is 5.51. The quantitative estimate of drug-likeness (QED) is 0.885. The molecule has 1 aromatic rings. The summed E-state index contributed by atoms with van der Waals surface area (Å²) in [6.07, 6.45) is 0. The lowest BCUT2D eigenvalue weighted by atomic mass is 10.0. The van der Waals surface area contributed by atoms with Gasteiger partial charge in [0.25, 0.3) is 5.91 Å². The minimum Gasteiger partial charge on any atom is -0.348 e. The molecule has 1 atom stereocenters. The number of nitrogens with zero attached hydrogens (tertiary/aromatic N) is 1. The first-order chi connectivity index (χ1) is 8.79. The fourth-order valence-corrected chi connectivity index (χ4v) is 2.61. The minimum absolute atomic E-state index is 0.0937. The van der Waals surface area contributed by atoms with Gasteiger partial charge in [-0.25, -0.2) is 0 Å². The highest BCUT2D eigenvalue weighted by molar-refractivity contribution is 9.10. The fourth-order valence-electron chi connectivity index (χ4n) is 1.75. The zero-order valence-electron chi connectivity index (χ0n) is 11.7. The van der Waals surface area contributed by atoms with Crippen molar-refractivity contribution in [1.82, 2.24) is 10.2 Å². The van der Waals surface area contributed by atoms with Crippen molar-refractivity contribution in [2.45, 2.75) is 19.9 Å². The van der Waals surface area contributed by atoms with Crippen LogP contribution in [0.3, 0.4) is 0 Å². The van der Waals surface area contributed by atoms with E-state index >= 15 is 0 Å². The Morgan fingerprint density at radius 1 is 1.37 bits per heavy atom. The lowest BCUT2D eigenvalue weighted by Gasteiger charge is -2.25. The molecule has 0 heterocycles. The Balaban J connectivity index is 2.81. The van der Waals surface area contributed by atoms with Gasteiger partial charge in [-0.05, 0) is 38.2 Å². The molecule has 0 aliphatic heterocycles. The monoisotopic (exact) mass is 346 g/mol. The lowest BCUT2D eigenvalue weighted by Crippen LogP contribution is -2.45. The highest BCUT2D eigenvalue weighted by Gasteiger charge is 2.18. The summed E-state index contributed by atoms with van der Waals surface area (Å²) in [5.74, 6) is 0.276. The number of hydrogen-bond acceptors (Lipinski definition) is 2. The summed E-state index contributed by atoms with van der Waals surface area (Å²) in [5.41, 5.74) is 0.573. The third-order valence-corrected chi connectivity index (χ3v) is 3.48. The highest BCUT2D eigenvalue weighted by Crippen LogP contribution is 2.19. The highest BCUT2D eigenvalue weighted by atomic mass is 79.9. The predicted molar refractivity (Wildman–Crippen MR) is 83.8 cm³/mol. The molecule has 0 spiro atoms. The molecule has 1 rings (SSSR count). The molecule has 5 heteroatoms. The van der Waals surface area contributed by atoms with E-state index in [0.29, 0.717) is 16.5 Å². The van der Waals surface area contributed by atoms with Crippen molar-refractivity contribution in [2.75, 3.05) is 20.6 Å². The van der Waals surface area contributed by atoms with Gasteiger partial charge in [0.2, 0.25) is 0 Å². The molecule has 0 saturated heterocycles. The minimum atomic E-state index is -0.0937. The molecular weight excluding hydrogens is 328 g/mol. The van der Waals surface area contributed by atoms with Crippen molar-refractivity contribution in [3.05, 3.63) is 33.3 Å². The number of nitrogens with one attached hydrogen (secondary N) is 1. The third-order valence-electron chi connectivity index (χ3n) is 2.81. The molecule has 3 nitrogen and oxygen atoms in total. The van der Waals surface area contributed by atoms with Gasteiger partial charge >= 0.3 is 0 Å². The first-order valence-electron chi connectivity index (χ1n) is 6.21. The molecule has 0 bridgehead atoms. The van der Waals surface area contributed by atoms with Crippen molar-refractivity contribution < 1.29 is 4.79 Å². The summed E-state index contributed by atoms with van der Waals surface area (Å²) in [7, 11) is 4.00. The van der Waals surface area contributed by atoms with Gasteiger partial charge in [-0.1, -0.05) is 41.4 Å². The average Bonchev–Trinajstić information content (AvgIpc) is 2.25. The van der Waals surface area contributed by atoms with E-state index in [2.05, 4.69) is 40.0 Å². The summed E-state index contributed by atoms with van der Waals surface area (Å²) in [6, 6.07) is 5.32. The van der Waals surface area contributed by atoms with Gasteiger partial charge in [0.15, 0.2) is 0 Å². The van der Waals surface area contributed by atoms with Crippen LogP contribution in [-0.4, -0.2) is 37.5 Å². The van der Waals surface area contributed by atoms with Crippen LogP contribution in [0, 0.1) is 5.92 Å². The summed E-state index contributed by atoms with van der Waals surface area (Å²) in [5, 5.41) is 3.61. The van der Waals surface area contributed by atoms with E-state index in [9.17, 15) is 4.79 Å². The number of amides is 1. The van der Waals surface area contributed by atoms with E-state index in [1.54, 1.807) is 18.2 Å². The molecule has 1 N–H and O–H groups in total. The molecule has 1 amide bonds. The Bertz CT molecular complexity index is 429. The second-order valence-corrected chi connectivity index (χ2v) is 6.60. The molecule has 0 saturated carbocycles. The Labute approximate surface area is 128 Å². The van der Waals surface area contributed by atoms with Crippen LogP contribution >= 0.6 is 27.5 Å². The molecule has 19 heavy (non-hydrogen) atoms. The van der Waals surface area contributed by atoms with Gasteiger partial charge in [-0.3, -0.25) is 4.79 Å². The topological polar surface area (TPSA) is 32.3 Å². The van der Waals surface area contributed by atoms with Crippen molar-refractivity contribution in [1.29, 1.82) is 0 Å². The molecule has 0 radical (unpaired) electrons. The summed E-state index contributed by atoms with van der Waals surface area (Å²) in [4.78, 5) is 14.3. The van der Waals surface area contributed by atoms with E-state index in [0.717, 1.165) is 11.0 Å². The largest absolute Gasteiger partial charge is 0.348 e. The number of benzene rings is 1. The Hall–Kier alpha value is -0.580. The van der Waals surface area contributed by atoms with Gasteiger partial charge in [0, 0.05) is 27.6 Å². The van der Waals surface area contributed by atoms with E-state index < -0.39 is 0 Å². The van der Waals surface area contributed by atoms with Crippen LogP contribution in [0.15, 0.2) is 22.7 Å². The van der Waals surface area contributed by atoms with Crippen LogP contribution in [0.4, 0.5) is 0 Å². The van der Waals surface area contributed by atoms with E-state index in [4.69, 9.17) is 11.6 Å². The maximum Gasteiger partial charge on any atom is 0.251 e. The Morgan fingerprint density at radius 2 is 2.00 bits per heavy atom. The molecule has 0 aliphatic rings. The number of hydrogen-bond donors (Lipinski definition) is 1. The molecule has 1 aromatic carbocycles. The number of carbonyl (C=O) groups excluding carboxylic acids is 1. The fraction of sp³-hybridized carbons (Fsp3) is 0.500. The molecule has 0 fully saturated rings. The zero-order valence-corrected chi connectivity index (χ0v) is 14.0. The normalized spacial score (nSPS) is 12.8. The summed E-state index contributed by atoms with van der Waals surface area (Å²) in [6.45, 7) is 5.01. The van der Waals surface area contributed by atoms with Crippen LogP contribution in [0.5, 0.6) is 0 Å². The lowest BCUT2D eigenvalue weighted by molar-refractivity contribution is 0.0916. The SMILES string of the molecule is CC(C)C(CN(C)C)NC(=O)c1cc(Cl)cc(Br)c1. The Morgan fingerprint density at radius 3 is 2.47 bits per heavy atom. The van der Waals surface area contributed by atoms with E-state index in [1.165, 1.54) is 0 Å². The van der Waals surface area contributed by atoms with E-state index in [-0.39, 0.29) is 11.9 Å². The van der Waals surface area contributed by atoms with Crippen LogP contribution in [-0.2, 0) is 0 Å². The van der Waals surface area contributed by atoms with Crippen molar-refractivity contribution in [3.8, 4) is 0 Å².